The molecule has 0 aliphatic heterocycles. The van der Waals surface area contributed by atoms with Crippen molar-refractivity contribution in [2.24, 2.45) is 11.8 Å². The summed E-state index contributed by atoms with van der Waals surface area (Å²) in [6.07, 6.45) is 1.90. The molecule has 1 aliphatic rings. The number of carbonyl (C=O) groups excluding carboxylic acids is 2. The van der Waals surface area contributed by atoms with Crippen LogP contribution in [0.5, 0.6) is 5.75 Å². The maximum absolute atomic E-state index is 12.4. The van der Waals surface area contributed by atoms with E-state index in [0.29, 0.717) is 23.8 Å². The monoisotopic (exact) mass is 425 g/mol. The van der Waals surface area contributed by atoms with Gasteiger partial charge >= 0.3 is 0 Å². The van der Waals surface area contributed by atoms with Crippen LogP contribution >= 0.6 is 12.2 Å². The molecule has 3 rings (SSSR count). The molecular formula is C23H27N3O3S. The van der Waals surface area contributed by atoms with Crippen LogP contribution in [-0.4, -0.2) is 23.5 Å². The van der Waals surface area contributed by atoms with Crippen LogP contribution in [0.2, 0.25) is 0 Å². The van der Waals surface area contributed by atoms with Crippen LogP contribution in [0.4, 0.5) is 11.4 Å². The first kappa shape index (κ1) is 21.8. The Hall–Kier alpha value is -2.93. The van der Waals surface area contributed by atoms with Gasteiger partial charge in [0.25, 0.3) is 5.91 Å². The number of hydrogen-bond acceptors (Lipinski definition) is 4. The summed E-state index contributed by atoms with van der Waals surface area (Å²) in [6, 6.07) is 12.5. The van der Waals surface area contributed by atoms with Crippen LogP contribution < -0.4 is 20.7 Å². The number of ether oxygens (including phenoxy) is 1. The van der Waals surface area contributed by atoms with Crippen molar-refractivity contribution < 1.29 is 14.3 Å². The van der Waals surface area contributed by atoms with E-state index in [0.717, 1.165) is 29.8 Å². The fourth-order valence-electron chi connectivity index (χ4n) is 2.72. The van der Waals surface area contributed by atoms with Gasteiger partial charge in [0.15, 0.2) is 5.11 Å². The first-order valence-electron chi connectivity index (χ1n) is 10.1. The number of anilines is 2. The third kappa shape index (κ3) is 6.29. The lowest BCUT2D eigenvalue weighted by atomic mass is 10.1. The second-order valence-corrected chi connectivity index (χ2v) is 8.34. The molecule has 0 heterocycles. The van der Waals surface area contributed by atoms with E-state index >= 15 is 0 Å². The van der Waals surface area contributed by atoms with E-state index in [1.54, 1.807) is 24.3 Å². The van der Waals surface area contributed by atoms with Crippen molar-refractivity contribution in [3.8, 4) is 5.75 Å². The highest BCUT2D eigenvalue weighted by Gasteiger charge is 2.29. The summed E-state index contributed by atoms with van der Waals surface area (Å²) < 4.78 is 5.63. The fraction of sp³-hybridized carbons (Fsp3) is 0.348. The molecule has 2 amide bonds. The average molecular weight is 426 g/mol. The zero-order chi connectivity index (χ0) is 21.7. The minimum Gasteiger partial charge on any atom is -0.493 e. The molecule has 0 atom stereocenters. The highest BCUT2D eigenvalue weighted by atomic mass is 32.1. The minimum atomic E-state index is -0.308. The van der Waals surface area contributed by atoms with Gasteiger partial charge in [-0.05, 0) is 79.9 Å². The second kappa shape index (κ2) is 9.71. The zero-order valence-corrected chi connectivity index (χ0v) is 18.3. The maximum atomic E-state index is 12.4. The highest BCUT2D eigenvalue weighted by Crippen LogP contribution is 2.31. The molecule has 158 valence electrons. The van der Waals surface area contributed by atoms with E-state index in [2.05, 4.69) is 29.8 Å². The van der Waals surface area contributed by atoms with E-state index in [-0.39, 0.29) is 22.8 Å². The summed E-state index contributed by atoms with van der Waals surface area (Å²) >= 11 is 5.27. The lowest BCUT2D eigenvalue weighted by Gasteiger charge is -2.13. The van der Waals surface area contributed by atoms with Gasteiger partial charge < -0.3 is 15.4 Å². The van der Waals surface area contributed by atoms with Crippen LogP contribution in [0.1, 0.15) is 42.6 Å². The van der Waals surface area contributed by atoms with Gasteiger partial charge in [0.2, 0.25) is 5.91 Å². The fourth-order valence-corrected chi connectivity index (χ4v) is 2.93. The average Bonchev–Trinajstić information content (AvgIpc) is 3.54. The molecule has 1 saturated carbocycles. The normalized spacial score (nSPS) is 12.9. The molecule has 2 aromatic carbocycles. The van der Waals surface area contributed by atoms with Crippen LogP contribution in [0.3, 0.4) is 0 Å². The number of carbonyl (C=O) groups is 2. The predicted molar refractivity (Wildman–Crippen MR) is 123 cm³/mol. The molecule has 1 aliphatic carbocycles. The third-order valence-corrected chi connectivity index (χ3v) is 4.83. The molecule has 0 spiro atoms. The number of amides is 2. The van der Waals surface area contributed by atoms with Crippen molar-refractivity contribution in [3.63, 3.8) is 0 Å². The number of rotatable bonds is 7. The van der Waals surface area contributed by atoms with Gasteiger partial charge in [0.1, 0.15) is 5.75 Å². The molecule has 0 bridgehead atoms. The number of benzene rings is 2. The van der Waals surface area contributed by atoms with Gasteiger partial charge in [-0.1, -0.05) is 19.9 Å². The van der Waals surface area contributed by atoms with Crippen LogP contribution in [0.25, 0.3) is 0 Å². The highest BCUT2D eigenvalue weighted by molar-refractivity contribution is 7.80. The lowest BCUT2D eigenvalue weighted by Crippen LogP contribution is -2.34. The SMILES string of the molecule is Cc1ccc(NC(=S)NC(=O)c2ccc(OCC(C)C)cc2)cc1NC(=O)C1CC1. The van der Waals surface area contributed by atoms with E-state index in [9.17, 15) is 9.59 Å². The summed E-state index contributed by atoms with van der Waals surface area (Å²) in [7, 11) is 0. The first-order valence-corrected chi connectivity index (χ1v) is 10.5. The summed E-state index contributed by atoms with van der Waals surface area (Å²) in [6.45, 7) is 6.71. The Morgan fingerprint density at radius 2 is 1.80 bits per heavy atom. The standard InChI is InChI=1S/C23H27N3O3S/c1-14(2)13-29-19-10-7-17(8-11-19)22(28)26-23(30)24-18-9-4-15(3)20(12-18)25-21(27)16-5-6-16/h4,7-12,14,16H,5-6,13H2,1-3H3,(H,25,27)(H2,24,26,28,30). The van der Waals surface area contributed by atoms with E-state index in [1.807, 2.05) is 25.1 Å². The Kier molecular flexibility index (Phi) is 7.05. The predicted octanol–water partition coefficient (Wildman–Crippen LogP) is 4.51. The number of nitrogens with one attached hydrogen (secondary N) is 3. The Bertz CT molecular complexity index is 937. The summed E-state index contributed by atoms with van der Waals surface area (Å²) in [5, 5.41) is 8.80. The van der Waals surface area contributed by atoms with Crippen molar-refractivity contribution >= 4 is 40.5 Å². The Morgan fingerprint density at radius 3 is 2.43 bits per heavy atom. The molecule has 0 aromatic heterocycles. The van der Waals surface area contributed by atoms with Crippen LogP contribution in [0.15, 0.2) is 42.5 Å². The van der Waals surface area contributed by atoms with Gasteiger partial charge in [-0.2, -0.15) is 0 Å². The maximum Gasteiger partial charge on any atom is 0.257 e. The van der Waals surface area contributed by atoms with E-state index < -0.39 is 0 Å². The molecule has 3 N–H and O–H groups in total. The Balaban J connectivity index is 1.55. The summed E-state index contributed by atoms with van der Waals surface area (Å²) in [4.78, 5) is 24.5. The molecule has 0 saturated heterocycles. The van der Waals surface area contributed by atoms with E-state index in [4.69, 9.17) is 17.0 Å². The van der Waals surface area contributed by atoms with Gasteiger partial charge in [-0.15, -0.1) is 0 Å². The number of aryl methyl sites for hydroxylation is 1. The van der Waals surface area contributed by atoms with Crippen molar-refractivity contribution in [1.82, 2.24) is 5.32 Å². The lowest BCUT2D eigenvalue weighted by molar-refractivity contribution is -0.117. The van der Waals surface area contributed by atoms with Crippen molar-refractivity contribution in [1.29, 1.82) is 0 Å². The van der Waals surface area contributed by atoms with Gasteiger partial charge in [-0.25, -0.2) is 0 Å². The van der Waals surface area contributed by atoms with Crippen molar-refractivity contribution in [2.45, 2.75) is 33.6 Å². The summed E-state index contributed by atoms with van der Waals surface area (Å²) in [5.74, 6) is 1.02. The quantitative estimate of drug-likeness (QED) is 0.569. The zero-order valence-electron chi connectivity index (χ0n) is 17.5. The molecular weight excluding hydrogens is 398 g/mol. The molecule has 1 fully saturated rings. The minimum absolute atomic E-state index is 0.0481. The topological polar surface area (TPSA) is 79.5 Å². The number of hydrogen-bond donors (Lipinski definition) is 3. The van der Waals surface area contributed by atoms with Crippen molar-refractivity contribution in [3.05, 3.63) is 53.6 Å². The Labute approximate surface area is 182 Å². The van der Waals surface area contributed by atoms with Crippen molar-refractivity contribution in [2.75, 3.05) is 17.2 Å². The molecule has 6 nitrogen and oxygen atoms in total. The number of thiocarbonyl (C=S) groups is 1. The molecule has 0 radical (unpaired) electrons. The van der Waals surface area contributed by atoms with E-state index in [1.165, 1.54) is 0 Å². The Morgan fingerprint density at radius 1 is 1.10 bits per heavy atom. The van der Waals surface area contributed by atoms with Gasteiger partial charge in [0, 0.05) is 22.9 Å². The van der Waals surface area contributed by atoms with Crippen LogP contribution in [0, 0.1) is 18.8 Å². The molecule has 2 aromatic rings. The van der Waals surface area contributed by atoms with Gasteiger partial charge in [0.05, 0.1) is 6.61 Å². The molecule has 7 heteroatoms. The molecule has 30 heavy (non-hydrogen) atoms. The first-order chi connectivity index (χ1) is 14.3. The third-order valence-electron chi connectivity index (χ3n) is 4.63. The summed E-state index contributed by atoms with van der Waals surface area (Å²) in [5.41, 5.74) is 2.87. The second-order valence-electron chi connectivity index (χ2n) is 7.93. The smallest absolute Gasteiger partial charge is 0.257 e. The molecule has 0 unspecified atom stereocenters. The van der Waals surface area contributed by atoms with Gasteiger partial charge in [-0.3, -0.25) is 14.9 Å². The van der Waals surface area contributed by atoms with Crippen LogP contribution in [-0.2, 0) is 4.79 Å². The largest absolute Gasteiger partial charge is 0.493 e.